The molecular formula is C21H20ClN3O4S2. The van der Waals surface area contributed by atoms with Gasteiger partial charge >= 0.3 is 0 Å². The molecule has 3 rings (SSSR count). The van der Waals surface area contributed by atoms with Crippen LogP contribution in [0.2, 0.25) is 5.02 Å². The van der Waals surface area contributed by atoms with Gasteiger partial charge in [-0.25, -0.2) is 12.6 Å². The zero-order chi connectivity index (χ0) is 22.8. The molecule has 0 saturated carbocycles. The Labute approximate surface area is 188 Å². The van der Waals surface area contributed by atoms with Crippen LogP contribution in [0, 0.1) is 5.41 Å². The number of sulfone groups is 1. The van der Waals surface area contributed by atoms with E-state index in [-0.39, 0.29) is 15.5 Å². The number of nitrogen functional groups attached to an aromatic ring is 1. The topological polar surface area (TPSA) is 122 Å². The molecular weight excluding hydrogens is 458 g/mol. The van der Waals surface area contributed by atoms with Crippen LogP contribution >= 0.6 is 11.6 Å². The van der Waals surface area contributed by atoms with E-state index in [4.69, 9.17) is 27.5 Å². The van der Waals surface area contributed by atoms with E-state index in [0.29, 0.717) is 33.3 Å². The van der Waals surface area contributed by atoms with E-state index in [1.54, 1.807) is 48.5 Å². The average molecular weight is 478 g/mol. The SMILES string of the molecule is COc1ccc(Cl)cc1C(=N)c1cc(NS(=O)c2ccccc2S(C)(=O)=O)ccc1N. The van der Waals surface area contributed by atoms with Gasteiger partial charge in [0.15, 0.2) is 20.8 Å². The second-order valence-electron chi connectivity index (χ2n) is 6.61. The van der Waals surface area contributed by atoms with Crippen molar-refractivity contribution >= 4 is 49.5 Å². The number of hydrogen-bond acceptors (Lipinski definition) is 6. The van der Waals surface area contributed by atoms with Crippen LogP contribution in [-0.4, -0.2) is 31.7 Å². The molecule has 31 heavy (non-hydrogen) atoms. The fourth-order valence-corrected chi connectivity index (χ4v) is 5.45. The summed E-state index contributed by atoms with van der Waals surface area (Å²) in [6, 6.07) is 15.7. The molecule has 0 bridgehead atoms. The average Bonchev–Trinajstić information content (AvgIpc) is 2.74. The maximum atomic E-state index is 12.9. The Morgan fingerprint density at radius 1 is 1.10 bits per heavy atom. The summed E-state index contributed by atoms with van der Waals surface area (Å²) in [5.41, 5.74) is 7.71. The molecule has 0 aromatic heterocycles. The zero-order valence-corrected chi connectivity index (χ0v) is 19.1. The lowest BCUT2D eigenvalue weighted by Crippen LogP contribution is -2.12. The summed E-state index contributed by atoms with van der Waals surface area (Å²) in [4.78, 5) is 0.114. The van der Waals surface area contributed by atoms with Crippen LogP contribution in [0.3, 0.4) is 0 Å². The number of halogens is 1. The molecule has 3 aromatic rings. The normalized spacial score (nSPS) is 12.2. The second-order valence-corrected chi connectivity index (χ2v) is 10.2. The molecule has 1 unspecified atom stereocenters. The van der Waals surface area contributed by atoms with E-state index >= 15 is 0 Å². The Morgan fingerprint density at radius 2 is 1.81 bits per heavy atom. The van der Waals surface area contributed by atoms with Crippen molar-refractivity contribution in [2.75, 3.05) is 23.8 Å². The van der Waals surface area contributed by atoms with E-state index < -0.39 is 20.8 Å². The lowest BCUT2D eigenvalue weighted by atomic mass is 9.99. The van der Waals surface area contributed by atoms with E-state index in [2.05, 4.69) is 4.72 Å². The number of anilines is 2. The van der Waals surface area contributed by atoms with Crippen LogP contribution in [0.15, 0.2) is 70.5 Å². The summed E-state index contributed by atoms with van der Waals surface area (Å²) < 4.78 is 45.0. The van der Waals surface area contributed by atoms with Crippen LogP contribution in [-0.2, 0) is 20.8 Å². The van der Waals surface area contributed by atoms with Crippen LogP contribution in [0.4, 0.5) is 11.4 Å². The van der Waals surface area contributed by atoms with Gasteiger partial charge in [-0.3, -0.25) is 5.41 Å². The van der Waals surface area contributed by atoms with Crippen molar-refractivity contribution in [1.82, 2.24) is 0 Å². The third kappa shape index (κ3) is 5.07. The first kappa shape index (κ1) is 22.8. The van der Waals surface area contributed by atoms with Crippen molar-refractivity contribution in [3.8, 4) is 5.75 Å². The monoisotopic (exact) mass is 477 g/mol. The Morgan fingerprint density at radius 3 is 2.48 bits per heavy atom. The number of nitrogens with one attached hydrogen (secondary N) is 2. The van der Waals surface area contributed by atoms with Crippen molar-refractivity contribution in [2.24, 2.45) is 0 Å². The summed E-state index contributed by atoms with van der Waals surface area (Å²) >= 11 is 6.08. The standard InChI is InChI=1S/C21H20ClN3O4S2/c1-29-18-10-7-13(22)11-16(18)21(24)15-12-14(8-9-17(15)23)25-30(26)19-5-3-4-6-20(19)31(2,27)28/h3-12,24-25H,23H2,1-2H3. The molecule has 0 aliphatic carbocycles. The van der Waals surface area contributed by atoms with Gasteiger partial charge in [0, 0.05) is 33.8 Å². The fraction of sp³-hybridized carbons (Fsp3) is 0.0952. The molecule has 10 heteroatoms. The van der Waals surface area contributed by atoms with Gasteiger partial charge in [-0.1, -0.05) is 23.7 Å². The molecule has 0 aliphatic heterocycles. The third-order valence-electron chi connectivity index (χ3n) is 4.41. The van der Waals surface area contributed by atoms with Crippen LogP contribution in [0.1, 0.15) is 11.1 Å². The van der Waals surface area contributed by atoms with E-state index in [0.717, 1.165) is 6.26 Å². The van der Waals surface area contributed by atoms with Crippen molar-refractivity contribution in [3.05, 3.63) is 76.8 Å². The number of nitrogens with two attached hydrogens (primary N) is 1. The molecule has 162 valence electrons. The van der Waals surface area contributed by atoms with Gasteiger partial charge in [-0.15, -0.1) is 0 Å². The van der Waals surface area contributed by atoms with Gasteiger partial charge in [0.05, 0.1) is 22.6 Å². The summed E-state index contributed by atoms with van der Waals surface area (Å²) in [5, 5.41) is 9.05. The van der Waals surface area contributed by atoms with E-state index in [1.165, 1.54) is 19.2 Å². The molecule has 0 fully saturated rings. The Hall–Kier alpha value is -2.88. The summed E-state index contributed by atoms with van der Waals surface area (Å²) in [5.74, 6) is 0.456. The molecule has 0 saturated heterocycles. The Balaban J connectivity index is 1.97. The van der Waals surface area contributed by atoms with E-state index in [9.17, 15) is 12.6 Å². The van der Waals surface area contributed by atoms with Crippen LogP contribution in [0.25, 0.3) is 0 Å². The first-order valence-electron chi connectivity index (χ1n) is 8.91. The summed E-state index contributed by atoms with van der Waals surface area (Å²) in [6.45, 7) is 0. The molecule has 0 heterocycles. The minimum Gasteiger partial charge on any atom is -0.496 e. The zero-order valence-electron chi connectivity index (χ0n) is 16.7. The van der Waals surface area contributed by atoms with Gasteiger partial charge in [-0.2, -0.15) is 0 Å². The quantitative estimate of drug-likeness (QED) is 0.352. The van der Waals surface area contributed by atoms with Gasteiger partial charge in [0.25, 0.3) is 0 Å². The molecule has 1 atom stereocenters. The predicted octanol–water partition coefficient (Wildman–Crippen LogP) is 3.89. The maximum absolute atomic E-state index is 12.9. The number of rotatable bonds is 7. The molecule has 4 N–H and O–H groups in total. The lowest BCUT2D eigenvalue weighted by Gasteiger charge is -2.14. The number of hydrogen-bond donors (Lipinski definition) is 3. The van der Waals surface area contributed by atoms with Gasteiger partial charge in [0.2, 0.25) is 0 Å². The predicted molar refractivity (Wildman–Crippen MR) is 124 cm³/mol. The number of benzene rings is 3. The van der Waals surface area contributed by atoms with Crippen molar-refractivity contribution in [2.45, 2.75) is 9.79 Å². The molecule has 3 aromatic carbocycles. The number of methoxy groups -OCH3 is 1. The molecule has 0 radical (unpaired) electrons. The van der Waals surface area contributed by atoms with Gasteiger partial charge in [0.1, 0.15) is 5.75 Å². The molecule has 0 spiro atoms. The molecule has 0 amide bonds. The molecule has 7 nitrogen and oxygen atoms in total. The highest BCUT2D eigenvalue weighted by atomic mass is 35.5. The van der Waals surface area contributed by atoms with Crippen molar-refractivity contribution in [3.63, 3.8) is 0 Å². The Bertz CT molecular complexity index is 1290. The third-order valence-corrected chi connectivity index (χ3v) is 7.11. The largest absolute Gasteiger partial charge is 0.496 e. The Kier molecular flexibility index (Phi) is 6.68. The highest BCUT2D eigenvalue weighted by Gasteiger charge is 2.19. The van der Waals surface area contributed by atoms with Crippen molar-refractivity contribution in [1.29, 1.82) is 5.41 Å². The summed E-state index contributed by atoms with van der Waals surface area (Å²) in [7, 11) is -3.93. The van der Waals surface area contributed by atoms with Gasteiger partial charge in [-0.05, 0) is 48.5 Å². The maximum Gasteiger partial charge on any atom is 0.176 e. The first-order chi connectivity index (χ1) is 14.6. The van der Waals surface area contributed by atoms with Crippen LogP contribution < -0.4 is 15.2 Å². The highest BCUT2D eigenvalue weighted by Crippen LogP contribution is 2.29. The smallest absolute Gasteiger partial charge is 0.176 e. The van der Waals surface area contributed by atoms with Crippen LogP contribution in [0.5, 0.6) is 5.75 Å². The van der Waals surface area contributed by atoms with E-state index in [1.807, 2.05) is 0 Å². The minimum absolute atomic E-state index is 0.0205. The van der Waals surface area contributed by atoms with Crippen molar-refractivity contribution < 1.29 is 17.4 Å². The minimum atomic E-state index is -3.56. The highest BCUT2D eigenvalue weighted by molar-refractivity contribution is 7.92. The summed E-state index contributed by atoms with van der Waals surface area (Å²) in [6.07, 6.45) is 1.06. The second kappa shape index (κ2) is 9.09. The fourth-order valence-electron chi connectivity index (χ4n) is 2.93. The number of ether oxygens (including phenoxy) is 1. The van der Waals surface area contributed by atoms with Gasteiger partial charge < -0.3 is 15.2 Å². The first-order valence-corrected chi connectivity index (χ1v) is 12.3. The lowest BCUT2D eigenvalue weighted by molar-refractivity contribution is 0.414. The molecule has 0 aliphatic rings.